The van der Waals surface area contributed by atoms with Crippen molar-refractivity contribution in [3.05, 3.63) is 71.8 Å². The first-order valence-corrected chi connectivity index (χ1v) is 8.91. The van der Waals surface area contributed by atoms with E-state index in [-0.39, 0.29) is 17.9 Å². The maximum absolute atomic E-state index is 12.4. The van der Waals surface area contributed by atoms with Gasteiger partial charge in [0.25, 0.3) is 0 Å². The maximum atomic E-state index is 12.4. The number of carbonyl (C=O) groups is 1. The lowest BCUT2D eigenvalue weighted by molar-refractivity contribution is -0.121. The Morgan fingerprint density at radius 1 is 1.08 bits per heavy atom. The lowest BCUT2D eigenvalue weighted by atomic mass is 9.98. The number of nitrogens with two attached hydrogens (primary N) is 1. The number of hydrogen-bond donors (Lipinski definition) is 3. The van der Waals surface area contributed by atoms with E-state index in [1.165, 1.54) is 11.8 Å². The molecule has 0 unspecified atom stereocenters. The normalized spacial score (nSPS) is 10.8. The zero-order valence-electron chi connectivity index (χ0n) is 13.6. The van der Waals surface area contributed by atoms with Gasteiger partial charge in [0.1, 0.15) is 0 Å². The number of aromatic amines is 1. The van der Waals surface area contributed by atoms with Crippen LogP contribution in [0.2, 0.25) is 0 Å². The minimum Gasteiger partial charge on any atom is -0.368 e. The van der Waals surface area contributed by atoms with Crippen LogP contribution in [0.1, 0.15) is 23.6 Å². The smallest absolute Gasteiger partial charge is 0.221 e. The standard InChI is InChI=1S/C18H19N5OS/c19-17-21-18(23-22-17)25-12-11-15(24)20-16(13-7-3-1-4-8-13)14-9-5-2-6-10-14/h1-10,16H,11-12H2,(H,20,24)(H3,19,21,22,23). The number of H-pyrrole nitrogens is 1. The SMILES string of the molecule is Nc1nc(SCCC(=O)NC(c2ccccc2)c2ccccc2)n[nH]1. The van der Waals surface area contributed by atoms with Crippen molar-refractivity contribution in [1.82, 2.24) is 20.5 Å². The number of benzene rings is 2. The summed E-state index contributed by atoms with van der Waals surface area (Å²) >= 11 is 1.39. The molecule has 25 heavy (non-hydrogen) atoms. The first-order valence-electron chi connectivity index (χ1n) is 7.92. The largest absolute Gasteiger partial charge is 0.368 e. The number of hydrogen-bond acceptors (Lipinski definition) is 5. The fourth-order valence-electron chi connectivity index (χ4n) is 2.44. The van der Waals surface area contributed by atoms with Gasteiger partial charge in [-0.3, -0.25) is 4.79 Å². The molecule has 3 rings (SSSR count). The highest BCUT2D eigenvalue weighted by molar-refractivity contribution is 7.99. The van der Waals surface area contributed by atoms with E-state index in [4.69, 9.17) is 5.73 Å². The lowest BCUT2D eigenvalue weighted by Crippen LogP contribution is -2.29. The van der Waals surface area contributed by atoms with Crippen LogP contribution in [0.15, 0.2) is 65.8 Å². The fourth-order valence-corrected chi connectivity index (χ4v) is 3.18. The van der Waals surface area contributed by atoms with Crippen LogP contribution < -0.4 is 11.1 Å². The third-order valence-corrected chi connectivity index (χ3v) is 4.46. The minimum atomic E-state index is -0.168. The molecule has 0 aliphatic rings. The molecule has 0 saturated heterocycles. The number of anilines is 1. The van der Waals surface area contributed by atoms with Crippen LogP contribution in [0.5, 0.6) is 0 Å². The van der Waals surface area contributed by atoms with Crippen LogP contribution in [-0.2, 0) is 4.79 Å². The zero-order valence-corrected chi connectivity index (χ0v) is 14.4. The Bertz CT molecular complexity index is 767. The molecule has 0 radical (unpaired) electrons. The highest BCUT2D eigenvalue weighted by atomic mass is 32.2. The Morgan fingerprint density at radius 3 is 2.20 bits per heavy atom. The van der Waals surface area contributed by atoms with Gasteiger partial charge in [-0.1, -0.05) is 72.4 Å². The Hall–Kier alpha value is -2.80. The van der Waals surface area contributed by atoms with Crippen molar-refractivity contribution < 1.29 is 4.79 Å². The van der Waals surface area contributed by atoms with Gasteiger partial charge < -0.3 is 11.1 Å². The molecule has 0 atom stereocenters. The molecule has 0 bridgehead atoms. The molecule has 2 aromatic carbocycles. The monoisotopic (exact) mass is 353 g/mol. The average Bonchev–Trinajstić information content (AvgIpc) is 3.06. The molecule has 0 spiro atoms. The second-order valence-electron chi connectivity index (χ2n) is 5.42. The predicted octanol–water partition coefficient (Wildman–Crippen LogP) is 2.77. The number of nitrogens with one attached hydrogen (secondary N) is 2. The van der Waals surface area contributed by atoms with Gasteiger partial charge in [0.2, 0.25) is 17.0 Å². The van der Waals surface area contributed by atoms with Crippen LogP contribution in [0.3, 0.4) is 0 Å². The van der Waals surface area contributed by atoms with E-state index in [2.05, 4.69) is 20.5 Å². The summed E-state index contributed by atoms with van der Waals surface area (Å²) in [7, 11) is 0. The van der Waals surface area contributed by atoms with Gasteiger partial charge in [0.15, 0.2) is 0 Å². The van der Waals surface area contributed by atoms with Gasteiger partial charge in [0.05, 0.1) is 6.04 Å². The van der Waals surface area contributed by atoms with Crippen LogP contribution >= 0.6 is 11.8 Å². The summed E-state index contributed by atoms with van der Waals surface area (Å²) in [6.07, 6.45) is 0.370. The van der Waals surface area contributed by atoms with Crippen molar-refractivity contribution in [3.8, 4) is 0 Å². The molecule has 0 aliphatic carbocycles. The first-order chi connectivity index (χ1) is 12.2. The summed E-state index contributed by atoms with van der Waals surface area (Å²) in [6, 6.07) is 19.7. The average molecular weight is 353 g/mol. The van der Waals surface area contributed by atoms with Gasteiger partial charge in [-0.25, -0.2) is 5.10 Å². The van der Waals surface area contributed by atoms with Crippen molar-refractivity contribution in [2.75, 3.05) is 11.5 Å². The second kappa shape index (κ2) is 8.34. The molecule has 1 aromatic heterocycles. The summed E-state index contributed by atoms with van der Waals surface area (Å²) in [6.45, 7) is 0. The van der Waals surface area contributed by atoms with Crippen molar-refractivity contribution in [2.24, 2.45) is 0 Å². The Labute approximate surface area is 150 Å². The molecular weight excluding hydrogens is 334 g/mol. The molecule has 128 valence electrons. The third-order valence-electron chi connectivity index (χ3n) is 3.61. The Balaban J connectivity index is 1.62. The van der Waals surface area contributed by atoms with Crippen LogP contribution in [0, 0.1) is 0 Å². The molecule has 3 aromatic rings. The molecule has 4 N–H and O–H groups in total. The van der Waals surface area contributed by atoms with Gasteiger partial charge in [-0.05, 0) is 11.1 Å². The van der Waals surface area contributed by atoms with Crippen LogP contribution in [-0.4, -0.2) is 26.8 Å². The number of rotatable bonds is 7. The first kappa shape index (κ1) is 17.0. The van der Waals surface area contributed by atoms with Gasteiger partial charge in [-0.15, -0.1) is 5.10 Å². The van der Waals surface area contributed by atoms with Gasteiger partial charge in [0, 0.05) is 12.2 Å². The summed E-state index contributed by atoms with van der Waals surface area (Å²) in [4.78, 5) is 16.4. The second-order valence-corrected chi connectivity index (χ2v) is 6.49. The third kappa shape index (κ3) is 4.84. The Kier molecular flexibility index (Phi) is 5.69. The van der Waals surface area contributed by atoms with E-state index < -0.39 is 0 Å². The molecule has 1 amide bonds. The van der Waals surface area contributed by atoms with E-state index in [1.807, 2.05) is 60.7 Å². The highest BCUT2D eigenvalue weighted by Gasteiger charge is 2.16. The number of nitrogens with zero attached hydrogens (tertiary/aromatic N) is 2. The summed E-state index contributed by atoms with van der Waals surface area (Å²) in [5.41, 5.74) is 7.59. The van der Waals surface area contributed by atoms with Crippen molar-refractivity contribution >= 4 is 23.6 Å². The molecule has 0 fully saturated rings. The number of nitrogen functional groups attached to an aromatic ring is 1. The quantitative estimate of drug-likeness (QED) is 0.568. The molecule has 7 heteroatoms. The highest BCUT2D eigenvalue weighted by Crippen LogP contribution is 2.22. The van der Waals surface area contributed by atoms with Crippen molar-refractivity contribution in [2.45, 2.75) is 17.6 Å². The van der Waals surface area contributed by atoms with Gasteiger partial charge >= 0.3 is 0 Å². The Morgan fingerprint density at radius 2 is 1.68 bits per heavy atom. The van der Waals surface area contributed by atoms with Crippen LogP contribution in [0.4, 0.5) is 5.95 Å². The number of aromatic nitrogens is 3. The summed E-state index contributed by atoms with van der Waals surface area (Å²) in [5, 5.41) is 10.2. The molecule has 0 aliphatic heterocycles. The number of thioether (sulfide) groups is 1. The van der Waals surface area contributed by atoms with E-state index in [0.717, 1.165) is 11.1 Å². The topological polar surface area (TPSA) is 96.7 Å². The molecule has 0 saturated carbocycles. The van der Waals surface area contributed by atoms with Crippen LogP contribution in [0.25, 0.3) is 0 Å². The molecule has 6 nitrogen and oxygen atoms in total. The minimum absolute atomic E-state index is 0.0197. The van der Waals surface area contributed by atoms with Crippen molar-refractivity contribution in [1.29, 1.82) is 0 Å². The summed E-state index contributed by atoms with van der Waals surface area (Å²) in [5.74, 6) is 0.841. The lowest BCUT2D eigenvalue weighted by Gasteiger charge is -2.19. The molecular formula is C18H19N5OS. The maximum Gasteiger partial charge on any atom is 0.221 e. The fraction of sp³-hybridized carbons (Fsp3) is 0.167. The van der Waals surface area contributed by atoms with E-state index >= 15 is 0 Å². The number of carbonyl (C=O) groups excluding carboxylic acids is 1. The van der Waals surface area contributed by atoms with Crippen molar-refractivity contribution in [3.63, 3.8) is 0 Å². The predicted molar refractivity (Wildman–Crippen MR) is 99.0 cm³/mol. The van der Waals surface area contributed by atoms with Gasteiger partial charge in [-0.2, -0.15) is 4.98 Å². The van der Waals surface area contributed by atoms with E-state index in [0.29, 0.717) is 17.3 Å². The number of amides is 1. The van der Waals surface area contributed by atoms with E-state index in [1.54, 1.807) is 0 Å². The summed E-state index contributed by atoms with van der Waals surface area (Å²) < 4.78 is 0. The zero-order chi connectivity index (χ0) is 17.5. The molecule has 1 heterocycles. The van der Waals surface area contributed by atoms with E-state index in [9.17, 15) is 4.79 Å².